The summed E-state index contributed by atoms with van der Waals surface area (Å²) >= 11 is 0. The topological polar surface area (TPSA) is 52.5 Å². The molecule has 4 aromatic carbocycles. The van der Waals surface area contributed by atoms with Gasteiger partial charge in [0.2, 0.25) is 0 Å². The van der Waals surface area contributed by atoms with Crippen LogP contribution in [0.4, 0.5) is 5.69 Å². The van der Waals surface area contributed by atoms with Crippen LogP contribution in [0.5, 0.6) is 5.75 Å². The number of rotatable bonds is 14. The normalized spacial score (nSPS) is 16.9. The molecule has 0 saturated carbocycles. The first-order chi connectivity index (χ1) is 21.0. The highest BCUT2D eigenvalue weighted by Gasteiger charge is 2.30. The predicted molar refractivity (Wildman–Crippen MR) is 174 cm³/mol. The molecule has 0 aromatic heterocycles. The Morgan fingerprint density at radius 3 is 1.86 bits per heavy atom. The van der Waals surface area contributed by atoms with Gasteiger partial charge in [0.05, 0.1) is 49.5 Å². The Morgan fingerprint density at radius 1 is 0.651 bits per heavy atom. The fraction of sp³-hybridized carbons (Fsp3) is 0.324. The fourth-order valence-corrected chi connectivity index (χ4v) is 5.21. The van der Waals surface area contributed by atoms with E-state index in [1.807, 2.05) is 45.0 Å². The molecule has 6 heteroatoms. The summed E-state index contributed by atoms with van der Waals surface area (Å²) in [6.45, 7) is 7.59. The fourth-order valence-electron chi connectivity index (χ4n) is 5.21. The maximum atomic E-state index is 6.17. The van der Waals surface area contributed by atoms with Crippen LogP contribution in [0, 0.1) is 0 Å². The van der Waals surface area contributed by atoms with Gasteiger partial charge in [0.1, 0.15) is 11.9 Å². The van der Waals surface area contributed by atoms with Crippen molar-refractivity contribution in [2.45, 2.75) is 51.5 Å². The van der Waals surface area contributed by atoms with E-state index in [9.17, 15) is 0 Å². The number of methoxy groups -OCH3 is 1. The lowest BCUT2D eigenvalue weighted by atomic mass is 9.96. The molecule has 1 aliphatic heterocycles. The van der Waals surface area contributed by atoms with Gasteiger partial charge in [-0.1, -0.05) is 84.9 Å². The summed E-state index contributed by atoms with van der Waals surface area (Å²) in [5, 5.41) is 7.26. The van der Waals surface area contributed by atoms with Crippen molar-refractivity contribution in [3.8, 4) is 16.9 Å². The van der Waals surface area contributed by atoms with Gasteiger partial charge in [-0.2, -0.15) is 5.10 Å². The number of nitrogens with zero attached hydrogens (tertiary/aromatic N) is 2. The first-order valence-corrected chi connectivity index (χ1v) is 15.1. The van der Waals surface area contributed by atoms with Gasteiger partial charge in [-0.15, -0.1) is 0 Å². The van der Waals surface area contributed by atoms with Crippen molar-refractivity contribution < 1.29 is 18.9 Å². The molecule has 0 aliphatic carbocycles. The number of hydrogen-bond donors (Lipinski definition) is 0. The Morgan fingerprint density at radius 2 is 1.21 bits per heavy atom. The Kier molecular flexibility index (Phi) is 10.6. The molecular formula is C37H42N2O4. The number of ether oxygens (including phenoxy) is 4. The van der Waals surface area contributed by atoms with Gasteiger partial charge >= 0.3 is 0 Å². The van der Waals surface area contributed by atoms with Crippen LogP contribution in [0.25, 0.3) is 11.1 Å². The van der Waals surface area contributed by atoms with Crippen molar-refractivity contribution in [3.05, 3.63) is 120 Å². The van der Waals surface area contributed by atoms with Gasteiger partial charge in [0.25, 0.3) is 0 Å². The van der Waals surface area contributed by atoms with Gasteiger partial charge in [0.15, 0.2) is 0 Å². The van der Waals surface area contributed by atoms with Gasteiger partial charge in [-0.3, -0.25) is 5.01 Å². The van der Waals surface area contributed by atoms with Crippen LogP contribution in [0.1, 0.15) is 44.4 Å². The standard InChI is InChI=1S/C37H42N2O4/c1-27(24-40-4)41-25-28(2)42-26-29(3)43-35-21-19-33(20-22-35)37-23-36(38-39(37)34-13-9-6-10-14-34)32-17-15-31(16-18-32)30-11-7-5-8-12-30/h5-22,27-29,37H,23-26H2,1-4H3. The van der Waals surface area contributed by atoms with Crippen LogP contribution >= 0.6 is 0 Å². The molecule has 6 nitrogen and oxygen atoms in total. The Balaban J connectivity index is 1.23. The zero-order valence-electron chi connectivity index (χ0n) is 25.6. The number of anilines is 1. The summed E-state index contributed by atoms with van der Waals surface area (Å²) in [7, 11) is 1.68. The van der Waals surface area contributed by atoms with E-state index in [0.717, 1.165) is 29.1 Å². The van der Waals surface area contributed by atoms with E-state index in [1.54, 1.807) is 7.11 Å². The third-order valence-electron chi connectivity index (χ3n) is 7.49. The monoisotopic (exact) mass is 578 g/mol. The van der Waals surface area contributed by atoms with E-state index >= 15 is 0 Å². The van der Waals surface area contributed by atoms with Crippen molar-refractivity contribution >= 4 is 11.4 Å². The molecule has 5 rings (SSSR count). The largest absolute Gasteiger partial charge is 0.488 e. The first-order valence-electron chi connectivity index (χ1n) is 15.1. The lowest BCUT2D eigenvalue weighted by Gasteiger charge is -2.24. The maximum absolute atomic E-state index is 6.17. The molecule has 1 aliphatic rings. The number of hydrogen-bond acceptors (Lipinski definition) is 6. The highest BCUT2D eigenvalue weighted by atomic mass is 16.6. The number of hydrazone groups is 1. The van der Waals surface area contributed by atoms with E-state index in [2.05, 4.69) is 89.9 Å². The second kappa shape index (κ2) is 15.0. The van der Waals surface area contributed by atoms with E-state index in [4.69, 9.17) is 24.0 Å². The minimum absolute atomic E-state index is 0.0252. The summed E-state index contributed by atoms with van der Waals surface area (Å²) < 4.78 is 23.0. The Labute approximate surface area is 255 Å². The van der Waals surface area contributed by atoms with Crippen molar-refractivity contribution in [1.29, 1.82) is 0 Å². The zero-order valence-corrected chi connectivity index (χ0v) is 25.6. The van der Waals surface area contributed by atoms with Crippen LogP contribution in [0.3, 0.4) is 0 Å². The maximum Gasteiger partial charge on any atom is 0.119 e. The van der Waals surface area contributed by atoms with Crippen molar-refractivity contribution in [2.75, 3.05) is 31.9 Å². The van der Waals surface area contributed by atoms with E-state index in [1.165, 1.54) is 16.7 Å². The molecule has 0 spiro atoms. The minimum atomic E-state index is -0.0919. The van der Waals surface area contributed by atoms with E-state index in [0.29, 0.717) is 19.8 Å². The SMILES string of the molecule is COCC(C)OCC(C)OCC(C)Oc1ccc(C2CC(c3ccc(-c4ccccc4)cc3)=NN2c2ccccc2)cc1. The summed E-state index contributed by atoms with van der Waals surface area (Å²) in [6, 6.07) is 38.0. The van der Waals surface area contributed by atoms with Crippen LogP contribution in [0.2, 0.25) is 0 Å². The van der Waals surface area contributed by atoms with Gasteiger partial charge in [-0.05, 0) is 67.3 Å². The average molecular weight is 579 g/mol. The average Bonchev–Trinajstić information content (AvgIpc) is 3.50. The number of benzene rings is 4. The quantitative estimate of drug-likeness (QED) is 0.152. The summed E-state index contributed by atoms with van der Waals surface area (Å²) in [5.41, 5.74) is 6.90. The van der Waals surface area contributed by atoms with E-state index < -0.39 is 0 Å². The molecule has 43 heavy (non-hydrogen) atoms. The molecule has 4 atom stereocenters. The molecule has 0 N–H and O–H groups in total. The molecule has 0 bridgehead atoms. The zero-order chi connectivity index (χ0) is 30.0. The van der Waals surface area contributed by atoms with E-state index in [-0.39, 0.29) is 24.4 Å². The molecule has 4 unspecified atom stereocenters. The molecule has 4 aromatic rings. The highest BCUT2D eigenvalue weighted by Crippen LogP contribution is 2.37. The molecule has 0 saturated heterocycles. The molecule has 1 heterocycles. The van der Waals surface area contributed by atoms with Crippen molar-refractivity contribution in [1.82, 2.24) is 0 Å². The Bertz CT molecular complexity index is 1430. The molecule has 0 fully saturated rings. The smallest absolute Gasteiger partial charge is 0.119 e. The van der Waals surface area contributed by atoms with Crippen molar-refractivity contribution in [3.63, 3.8) is 0 Å². The predicted octanol–water partition coefficient (Wildman–Crippen LogP) is 7.93. The minimum Gasteiger partial charge on any atom is -0.488 e. The summed E-state index contributed by atoms with van der Waals surface area (Å²) in [6.07, 6.45) is 0.740. The second-order valence-corrected chi connectivity index (χ2v) is 11.1. The third-order valence-corrected chi connectivity index (χ3v) is 7.49. The van der Waals surface area contributed by atoms with Crippen molar-refractivity contribution in [2.24, 2.45) is 5.10 Å². The van der Waals surface area contributed by atoms with Crippen LogP contribution in [-0.4, -0.2) is 51.0 Å². The summed E-state index contributed by atoms with van der Waals surface area (Å²) in [4.78, 5) is 0. The molecular weight excluding hydrogens is 536 g/mol. The summed E-state index contributed by atoms with van der Waals surface area (Å²) in [5.74, 6) is 0.819. The lowest BCUT2D eigenvalue weighted by molar-refractivity contribution is -0.0631. The molecule has 0 amide bonds. The number of para-hydroxylation sites is 1. The van der Waals surface area contributed by atoms with Crippen LogP contribution in [0.15, 0.2) is 114 Å². The lowest BCUT2D eigenvalue weighted by Crippen LogP contribution is -2.27. The van der Waals surface area contributed by atoms with Gasteiger partial charge in [0, 0.05) is 13.5 Å². The van der Waals surface area contributed by atoms with Gasteiger partial charge in [-0.25, -0.2) is 0 Å². The second-order valence-electron chi connectivity index (χ2n) is 11.1. The van der Waals surface area contributed by atoms with Gasteiger partial charge < -0.3 is 18.9 Å². The van der Waals surface area contributed by atoms with Crippen LogP contribution in [-0.2, 0) is 14.2 Å². The Hall–Kier alpha value is -3.97. The first kappa shape index (κ1) is 30.5. The third kappa shape index (κ3) is 8.32. The molecule has 224 valence electrons. The highest BCUT2D eigenvalue weighted by molar-refractivity contribution is 6.03. The van der Waals surface area contributed by atoms with Crippen LogP contribution < -0.4 is 9.75 Å². The molecule has 0 radical (unpaired) electrons.